The Morgan fingerprint density at radius 1 is 1.55 bits per heavy atom. The Morgan fingerprint density at radius 2 is 2.25 bits per heavy atom. The highest BCUT2D eigenvalue weighted by Crippen LogP contribution is 2.19. The maximum Gasteiger partial charge on any atom is 0.354 e. The van der Waals surface area contributed by atoms with Crippen molar-refractivity contribution in [2.45, 2.75) is 32.4 Å². The fourth-order valence-corrected chi connectivity index (χ4v) is 2.70. The lowest BCUT2D eigenvalue weighted by atomic mass is 9.93. The number of aryl methyl sites for hydroxylation is 1. The highest BCUT2D eigenvalue weighted by molar-refractivity contribution is 5.87. The summed E-state index contributed by atoms with van der Waals surface area (Å²) in [6.07, 6.45) is 4.21. The van der Waals surface area contributed by atoms with Crippen molar-refractivity contribution in [1.29, 1.82) is 0 Å². The van der Waals surface area contributed by atoms with Crippen molar-refractivity contribution in [3.8, 4) is 0 Å². The van der Waals surface area contributed by atoms with E-state index in [1.807, 2.05) is 23.9 Å². The van der Waals surface area contributed by atoms with Gasteiger partial charge in [-0.05, 0) is 37.3 Å². The SMILES string of the molecule is COC(=O)c1cc(CN[C@@H](C)C2CCOCC2)cn1C. The quantitative estimate of drug-likeness (QED) is 0.834. The van der Waals surface area contributed by atoms with Crippen molar-refractivity contribution in [2.24, 2.45) is 13.0 Å². The van der Waals surface area contributed by atoms with Crippen LogP contribution in [0.3, 0.4) is 0 Å². The van der Waals surface area contributed by atoms with Gasteiger partial charge in [0.25, 0.3) is 0 Å². The van der Waals surface area contributed by atoms with E-state index in [9.17, 15) is 4.79 Å². The number of hydrogen-bond donors (Lipinski definition) is 1. The van der Waals surface area contributed by atoms with Gasteiger partial charge in [-0.1, -0.05) is 0 Å². The van der Waals surface area contributed by atoms with Gasteiger partial charge in [-0.3, -0.25) is 0 Å². The third-order valence-corrected chi connectivity index (χ3v) is 4.06. The molecule has 0 aliphatic carbocycles. The topological polar surface area (TPSA) is 52.5 Å². The van der Waals surface area contributed by atoms with E-state index in [2.05, 4.69) is 12.2 Å². The van der Waals surface area contributed by atoms with Crippen molar-refractivity contribution in [3.63, 3.8) is 0 Å². The molecule has 112 valence electrons. The van der Waals surface area contributed by atoms with Crippen LogP contribution in [0.5, 0.6) is 0 Å². The minimum absolute atomic E-state index is 0.295. The van der Waals surface area contributed by atoms with Crippen LogP contribution in [0, 0.1) is 5.92 Å². The van der Waals surface area contributed by atoms with Crippen LogP contribution in [0.2, 0.25) is 0 Å². The van der Waals surface area contributed by atoms with Crippen LogP contribution in [0.1, 0.15) is 35.8 Å². The zero-order chi connectivity index (χ0) is 14.5. The molecule has 1 saturated heterocycles. The van der Waals surface area contributed by atoms with Crippen LogP contribution in [0.15, 0.2) is 12.3 Å². The van der Waals surface area contributed by atoms with Gasteiger partial charge in [-0.15, -0.1) is 0 Å². The van der Waals surface area contributed by atoms with Crippen LogP contribution in [0.4, 0.5) is 0 Å². The summed E-state index contributed by atoms with van der Waals surface area (Å²) < 4.78 is 12.0. The summed E-state index contributed by atoms with van der Waals surface area (Å²) in [5, 5.41) is 3.55. The number of aromatic nitrogens is 1. The predicted molar refractivity (Wildman–Crippen MR) is 76.6 cm³/mol. The third kappa shape index (κ3) is 3.61. The lowest BCUT2D eigenvalue weighted by molar-refractivity contribution is 0.0557. The Bertz CT molecular complexity index is 450. The Balaban J connectivity index is 1.88. The van der Waals surface area contributed by atoms with Gasteiger partial charge in [0.2, 0.25) is 0 Å². The van der Waals surface area contributed by atoms with E-state index in [1.165, 1.54) is 7.11 Å². The molecule has 1 N–H and O–H groups in total. The van der Waals surface area contributed by atoms with Crippen molar-refractivity contribution in [1.82, 2.24) is 9.88 Å². The van der Waals surface area contributed by atoms with Crippen molar-refractivity contribution >= 4 is 5.97 Å². The number of nitrogens with zero attached hydrogens (tertiary/aromatic N) is 1. The van der Waals surface area contributed by atoms with E-state index in [0.29, 0.717) is 17.7 Å². The average Bonchev–Trinajstić information content (AvgIpc) is 2.86. The van der Waals surface area contributed by atoms with Gasteiger partial charge >= 0.3 is 5.97 Å². The van der Waals surface area contributed by atoms with Crippen LogP contribution < -0.4 is 5.32 Å². The summed E-state index contributed by atoms with van der Waals surface area (Å²) in [6.45, 7) is 4.73. The summed E-state index contributed by atoms with van der Waals surface area (Å²) in [4.78, 5) is 11.6. The summed E-state index contributed by atoms with van der Waals surface area (Å²) >= 11 is 0. The van der Waals surface area contributed by atoms with E-state index in [-0.39, 0.29) is 5.97 Å². The molecule has 1 aliphatic rings. The van der Waals surface area contributed by atoms with Gasteiger partial charge in [0.1, 0.15) is 5.69 Å². The van der Waals surface area contributed by atoms with Crippen LogP contribution >= 0.6 is 0 Å². The van der Waals surface area contributed by atoms with Gasteiger partial charge in [0, 0.05) is 39.0 Å². The maximum atomic E-state index is 11.6. The summed E-state index contributed by atoms with van der Waals surface area (Å²) in [5.41, 5.74) is 1.69. The number of methoxy groups -OCH3 is 1. The Kier molecular flexibility index (Phi) is 5.20. The van der Waals surface area contributed by atoms with E-state index in [4.69, 9.17) is 9.47 Å². The Morgan fingerprint density at radius 3 is 2.90 bits per heavy atom. The number of hydrogen-bond acceptors (Lipinski definition) is 4. The first-order valence-electron chi connectivity index (χ1n) is 7.16. The number of ether oxygens (including phenoxy) is 2. The summed E-state index contributed by atoms with van der Waals surface area (Å²) in [6, 6.07) is 2.34. The molecule has 5 nitrogen and oxygen atoms in total. The second-order valence-corrected chi connectivity index (χ2v) is 5.46. The first-order valence-corrected chi connectivity index (χ1v) is 7.16. The summed E-state index contributed by atoms with van der Waals surface area (Å²) in [7, 11) is 3.26. The second kappa shape index (κ2) is 6.90. The third-order valence-electron chi connectivity index (χ3n) is 4.06. The van der Waals surface area contributed by atoms with Crippen LogP contribution in [-0.2, 0) is 23.1 Å². The molecule has 20 heavy (non-hydrogen) atoms. The van der Waals surface area contributed by atoms with Gasteiger partial charge < -0.3 is 19.4 Å². The lowest BCUT2D eigenvalue weighted by Crippen LogP contribution is -2.36. The predicted octanol–water partition coefficient (Wildman–Crippen LogP) is 1.72. The fourth-order valence-electron chi connectivity index (χ4n) is 2.70. The van der Waals surface area contributed by atoms with Gasteiger partial charge in [0.05, 0.1) is 7.11 Å². The van der Waals surface area contributed by atoms with Crippen LogP contribution in [-0.4, -0.2) is 36.9 Å². The lowest BCUT2D eigenvalue weighted by Gasteiger charge is -2.28. The first-order chi connectivity index (χ1) is 9.61. The molecular formula is C15H24N2O3. The summed E-state index contributed by atoms with van der Waals surface area (Å²) in [5.74, 6) is 0.378. The second-order valence-electron chi connectivity index (χ2n) is 5.46. The largest absolute Gasteiger partial charge is 0.464 e. The molecule has 2 heterocycles. The van der Waals surface area contributed by atoms with Crippen molar-refractivity contribution in [2.75, 3.05) is 20.3 Å². The minimum Gasteiger partial charge on any atom is -0.464 e. The normalized spacial score (nSPS) is 17.9. The zero-order valence-corrected chi connectivity index (χ0v) is 12.5. The molecule has 1 fully saturated rings. The Hall–Kier alpha value is -1.33. The smallest absolute Gasteiger partial charge is 0.354 e. The van der Waals surface area contributed by atoms with E-state index >= 15 is 0 Å². The number of rotatable bonds is 5. The molecule has 0 unspecified atom stereocenters. The average molecular weight is 280 g/mol. The van der Waals surface area contributed by atoms with Gasteiger partial charge in [0.15, 0.2) is 0 Å². The fraction of sp³-hybridized carbons (Fsp3) is 0.667. The molecule has 0 radical (unpaired) electrons. The van der Waals surface area contributed by atoms with Gasteiger partial charge in [-0.2, -0.15) is 0 Å². The zero-order valence-electron chi connectivity index (χ0n) is 12.5. The van der Waals surface area contributed by atoms with Crippen molar-refractivity contribution in [3.05, 3.63) is 23.5 Å². The molecule has 1 aromatic heterocycles. The molecule has 0 spiro atoms. The highest BCUT2D eigenvalue weighted by atomic mass is 16.5. The minimum atomic E-state index is -0.295. The molecule has 0 bridgehead atoms. The molecule has 2 rings (SSSR count). The van der Waals surface area contributed by atoms with Gasteiger partial charge in [-0.25, -0.2) is 4.79 Å². The molecule has 5 heteroatoms. The number of esters is 1. The number of nitrogens with one attached hydrogen (secondary N) is 1. The number of carbonyl (C=O) groups excluding carboxylic acids is 1. The van der Waals surface area contributed by atoms with E-state index in [0.717, 1.165) is 38.2 Å². The van der Waals surface area contributed by atoms with Crippen molar-refractivity contribution < 1.29 is 14.3 Å². The highest BCUT2D eigenvalue weighted by Gasteiger charge is 2.20. The monoisotopic (exact) mass is 280 g/mol. The molecule has 0 saturated carbocycles. The number of carbonyl (C=O) groups is 1. The Labute approximate surface area is 120 Å². The molecular weight excluding hydrogens is 256 g/mol. The first kappa shape index (κ1) is 15.1. The standard InChI is InChI=1S/C15H24N2O3/c1-11(13-4-6-20-7-5-13)16-9-12-8-14(15(18)19-3)17(2)10-12/h8,10-11,13,16H,4-7,9H2,1-3H3/t11-/m0/s1. The molecule has 1 atom stereocenters. The molecule has 0 amide bonds. The molecule has 1 aliphatic heterocycles. The van der Waals surface area contributed by atoms with E-state index < -0.39 is 0 Å². The van der Waals surface area contributed by atoms with Crippen LogP contribution in [0.25, 0.3) is 0 Å². The van der Waals surface area contributed by atoms with E-state index in [1.54, 1.807) is 0 Å². The maximum absolute atomic E-state index is 11.6. The molecule has 1 aromatic rings. The molecule has 0 aromatic carbocycles.